The van der Waals surface area contributed by atoms with Crippen LogP contribution in [-0.4, -0.2) is 26.4 Å². The zero-order valence-corrected chi connectivity index (χ0v) is 8.94. The van der Waals surface area contributed by atoms with Crippen molar-refractivity contribution >= 4 is 0 Å². The van der Waals surface area contributed by atoms with E-state index >= 15 is 0 Å². The van der Waals surface area contributed by atoms with Gasteiger partial charge in [-0.1, -0.05) is 12.1 Å². The van der Waals surface area contributed by atoms with Crippen molar-refractivity contribution in [1.82, 2.24) is 0 Å². The quantitative estimate of drug-likeness (QED) is 0.529. The van der Waals surface area contributed by atoms with Crippen LogP contribution < -0.4 is 4.74 Å². The highest BCUT2D eigenvalue weighted by molar-refractivity contribution is 5.26. The summed E-state index contributed by atoms with van der Waals surface area (Å²) < 4.78 is 15.7. The fraction of sp³-hybridized carbons (Fsp3) is 0.500. The summed E-state index contributed by atoms with van der Waals surface area (Å²) in [4.78, 5) is 0. The molecular formula is C12H16O3. The number of benzene rings is 1. The summed E-state index contributed by atoms with van der Waals surface area (Å²) in [7, 11) is 1.67. The average molecular weight is 208 g/mol. The van der Waals surface area contributed by atoms with Crippen LogP contribution in [0, 0.1) is 0 Å². The van der Waals surface area contributed by atoms with Crippen LogP contribution in [0.3, 0.4) is 0 Å². The largest absolute Gasteiger partial charge is 0.497 e. The van der Waals surface area contributed by atoms with Gasteiger partial charge in [0.1, 0.15) is 5.75 Å². The number of hydrogen-bond donors (Lipinski definition) is 0. The molecule has 1 atom stereocenters. The number of methoxy groups -OCH3 is 1. The summed E-state index contributed by atoms with van der Waals surface area (Å²) >= 11 is 0. The third-order valence-corrected chi connectivity index (χ3v) is 2.41. The summed E-state index contributed by atoms with van der Waals surface area (Å²) in [5, 5.41) is 0. The molecule has 1 fully saturated rings. The van der Waals surface area contributed by atoms with Gasteiger partial charge in [0.05, 0.1) is 26.4 Å². The van der Waals surface area contributed by atoms with Gasteiger partial charge >= 0.3 is 0 Å². The minimum absolute atomic E-state index is 0.459. The topological polar surface area (TPSA) is 31.0 Å². The Morgan fingerprint density at radius 1 is 1.33 bits per heavy atom. The molecule has 15 heavy (non-hydrogen) atoms. The zero-order chi connectivity index (χ0) is 10.5. The first-order valence-corrected chi connectivity index (χ1v) is 5.21. The van der Waals surface area contributed by atoms with Crippen molar-refractivity contribution in [3.63, 3.8) is 0 Å². The Labute approximate surface area is 90.0 Å². The normalized spacial score (nSPS) is 18.9. The monoisotopic (exact) mass is 208 g/mol. The van der Waals surface area contributed by atoms with Gasteiger partial charge in [-0.05, 0) is 24.1 Å². The number of ether oxygens (including phenoxy) is 3. The molecule has 1 aromatic carbocycles. The second kappa shape index (κ2) is 5.14. The Morgan fingerprint density at radius 3 is 2.67 bits per heavy atom. The van der Waals surface area contributed by atoms with Crippen LogP contribution in [0.4, 0.5) is 0 Å². The minimum Gasteiger partial charge on any atom is -0.497 e. The van der Waals surface area contributed by atoms with Crippen molar-refractivity contribution in [2.24, 2.45) is 0 Å². The Bertz CT molecular complexity index is 290. The predicted octanol–water partition coefficient (Wildman–Crippen LogP) is 2.00. The second-order valence-electron chi connectivity index (χ2n) is 3.64. The molecule has 1 aliphatic rings. The molecular weight excluding hydrogens is 192 g/mol. The van der Waals surface area contributed by atoms with Crippen LogP contribution in [0.5, 0.6) is 5.75 Å². The first-order chi connectivity index (χ1) is 7.38. The summed E-state index contributed by atoms with van der Waals surface area (Å²) in [6, 6.07) is 7.93. The number of epoxide rings is 1. The van der Waals surface area contributed by atoms with Crippen LogP contribution in [0.15, 0.2) is 24.3 Å². The molecule has 3 nitrogen and oxygen atoms in total. The maximum atomic E-state index is 5.52. The highest BCUT2D eigenvalue weighted by Crippen LogP contribution is 2.14. The molecule has 0 aliphatic carbocycles. The lowest BCUT2D eigenvalue weighted by atomic mass is 10.2. The Hall–Kier alpha value is -1.06. The molecule has 0 spiro atoms. The summed E-state index contributed by atoms with van der Waals surface area (Å²) in [5.41, 5.74) is 1.17. The van der Waals surface area contributed by atoms with Gasteiger partial charge in [-0.3, -0.25) is 0 Å². The highest BCUT2D eigenvalue weighted by atomic mass is 16.6. The van der Waals surface area contributed by atoms with Gasteiger partial charge in [-0.25, -0.2) is 0 Å². The summed E-state index contributed by atoms with van der Waals surface area (Å²) in [5.74, 6) is 0.880. The smallest absolute Gasteiger partial charge is 0.118 e. The summed E-state index contributed by atoms with van der Waals surface area (Å²) in [6.45, 7) is 2.35. The first kappa shape index (κ1) is 10.5. The van der Waals surface area contributed by atoms with Crippen molar-refractivity contribution < 1.29 is 14.2 Å². The lowest BCUT2D eigenvalue weighted by molar-refractivity contribution is 0.113. The molecule has 1 aliphatic heterocycles. The van der Waals surface area contributed by atoms with Gasteiger partial charge in [-0.2, -0.15) is 0 Å². The molecule has 1 heterocycles. The SMILES string of the molecule is COc1ccc(COCCC2CO2)cc1. The standard InChI is InChI=1S/C12H16O3/c1-13-11-4-2-10(3-5-11)8-14-7-6-12-9-15-12/h2-5,12H,6-9H2,1H3. The van der Waals surface area contributed by atoms with Crippen LogP contribution in [0.1, 0.15) is 12.0 Å². The molecule has 3 heteroatoms. The van der Waals surface area contributed by atoms with Crippen LogP contribution in [0.25, 0.3) is 0 Å². The van der Waals surface area contributed by atoms with Crippen molar-refractivity contribution in [3.05, 3.63) is 29.8 Å². The van der Waals surface area contributed by atoms with Gasteiger partial charge in [0.2, 0.25) is 0 Å². The Kier molecular flexibility index (Phi) is 3.59. The van der Waals surface area contributed by atoms with Gasteiger partial charge < -0.3 is 14.2 Å². The lowest BCUT2D eigenvalue weighted by Crippen LogP contribution is -1.98. The molecule has 0 aromatic heterocycles. The zero-order valence-electron chi connectivity index (χ0n) is 8.94. The van der Waals surface area contributed by atoms with E-state index in [1.165, 1.54) is 5.56 Å². The molecule has 2 rings (SSSR count). The fourth-order valence-corrected chi connectivity index (χ4v) is 1.36. The van der Waals surface area contributed by atoms with Crippen molar-refractivity contribution in [2.75, 3.05) is 20.3 Å². The van der Waals surface area contributed by atoms with Crippen LogP contribution >= 0.6 is 0 Å². The molecule has 0 amide bonds. The summed E-state index contributed by atoms with van der Waals surface area (Å²) in [6.07, 6.45) is 1.47. The molecule has 82 valence electrons. The van der Waals surface area contributed by atoms with E-state index in [9.17, 15) is 0 Å². The van der Waals surface area contributed by atoms with E-state index in [2.05, 4.69) is 0 Å². The van der Waals surface area contributed by atoms with E-state index in [4.69, 9.17) is 14.2 Å². The van der Waals surface area contributed by atoms with E-state index in [0.717, 1.165) is 25.4 Å². The molecule has 0 N–H and O–H groups in total. The minimum atomic E-state index is 0.459. The Balaban J connectivity index is 1.67. The van der Waals surface area contributed by atoms with Gasteiger partial charge in [0.15, 0.2) is 0 Å². The molecule has 1 aromatic rings. The van der Waals surface area contributed by atoms with E-state index in [1.54, 1.807) is 7.11 Å². The third kappa shape index (κ3) is 3.53. The van der Waals surface area contributed by atoms with E-state index < -0.39 is 0 Å². The van der Waals surface area contributed by atoms with E-state index in [-0.39, 0.29) is 0 Å². The fourth-order valence-electron chi connectivity index (χ4n) is 1.36. The lowest BCUT2D eigenvalue weighted by Gasteiger charge is -2.04. The Morgan fingerprint density at radius 2 is 2.07 bits per heavy atom. The maximum Gasteiger partial charge on any atom is 0.118 e. The van der Waals surface area contributed by atoms with Gasteiger partial charge in [0.25, 0.3) is 0 Å². The van der Waals surface area contributed by atoms with Gasteiger partial charge in [0, 0.05) is 6.61 Å². The van der Waals surface area contributed by atoms with Crippen molar-refractivity contribution in [2.45, 2.75) is 19.1 Å². The second-order valence-corrected chi connectivity index (χ2v) is 3.64. The van der Waals surface area contributed by atoms with Crippen molar-refractivity contribution in [1.29, 1.82) is 0 Å². The average Bonchev–Trinajstić information content (AvgIpc) is 3.09. The predicted molar refractivity (Wildman–Crippen MR) is 57.0 cm³/mol. The van der Waals surface area contributed by atoms with E-state index in [1.807, 2.05) is 24.3 Å². The highest BCUT2D eigenvalue weighted by Gasteiger charge is 2.21. The number of rotatable bonds is 6. The van der Waals surface area contributed by atoms with Crippen LogP contribution in [0.2, 0.25) is 0 Å². The van der Waals surface area contributed by atoms with Crippen molar-refractivity contribution in [3.8, 4) is 5.75 Å². The molecule has 0 saturated carbocycles. The molecule has 0 radical (unpaired) electrons. The maximum absolute atomic E-state index is 5.52. The molecule has 1 saturated heterocycles. The number of hydrogen-bond acceptors (Lipinski definition) is 3. The van der Waals surface area contributed by atoms with Gasteiger partial charge in [-0.15, -0.1) is 0 Å². The van der Waals surface area contributed by atoms with E-state index in [0.29, 0.717) is 12.7 Å². The third-order valence-electron chi connectivity index (χ3n) is 2.41. The molecule has 1 unspecified atom stereocenters. The van der Waals surface area contributed by atoms with Crippen LogP contribution in [-0.2, 0) is 16.1 Å². The molecule has 0 bridgehead atoms. The first-order valence-electron chi connectivity index (χ1n) is 5.21.